The van der Waals surface area contributed by atoms with Crippen LogP contribution < -0.4 is 11.2 Å². The summed E-state index contributed by atoms with van der Waals surface area (Å²) >= 11 is 0. The van der Waals surface area contributed by atoms with Crippen molar-refractivity contribution in [2.24, 2.45) is 5.73 Å². The lowest BCUT2D eigenvalue weighted by Gasteiger charge is -2.20. The lowest BCUT2D eigenvalue weighted by molar-refractivity contribution is -0.205. The van der Waals surface area contributed by atoms with Gasteiger partial charge in [0.2, 0.25) is 6.10 Å². The van der Waals surface area contributed by atoms with E-state index in [4.69, 9.17) is 4.42 Å². The van der Waals surface area contributed by atoms with Crippen molar-refractivity contribution in [3.8, 4) is 0 Å². The number of fused-ring (bicyclic) bond motifs is 1. The highest BCUT2D eigenvalue weighted by molar-refractivity contribution is 5.77. The fourth-order valence-electron chi connectivity index (χ4n) is 1.70. The van der Waals surface area contributed by atoms with Gasteiger partial charge in [-0.2, -0.15) is 13.2 Å². The minimum atomic E-state index is -4.85. The van der Waals surface area contributed by atoms with Crippen LogP contribution in [0.5, 0.6) is 0 Å². The molecule has 2 rings (SSSR count). The number of ether oxygens (including phenoxy) is 1. The van der Waals surface area contributed by atoms with Crippen molar-refractivity contribution in [1.82, 2.24) is 0 Å². The number of benzene rings is 1. The Bertz CT molecular complexity index is 708. The average molecular weight is 287 g/mol. The molecule has 0 aliphatic carbocycles. The standard InChI is InChI=1S/C12H8F3NO4/c13-12(14,15)10(20-11(16)18)6-1-2-9-7(5-6)8(17)3-4-19-9/h1-5,10H,(H2,16,18). The van der Waals surface area contributed by atoms with Gasteiger partial charge in [0.25, 0.3) is 0 Å². The van der Waals surface area contributed by atoms with Crippen molar-refractivity contribution < 1.29 is 27.1 Å². The van der Waals surface area contributed by atoms with Crippen molar-refractivity contribution in [2.75, 3.05) is 0 Å². The molecule has 8 heteroatoms. The van der Waals surface area contributed by atoms with E-state index in [0.29, 0.717) is 0 Å². The zero-order valence-electron chi connectivity index (χ0n) is 9.81. The Morgan fingerprint density at radius 3 is 2.60 bits per heavy atom. The molecule has 0 saturated heterocycles. The number of carbonyl (C=O) groups is 1. The highest BCUT2D eigenvalue weighted by Crippen LogP contribution is 2.36. The number of nitrogens with two attached hydrogens (primary N) is 1. The molecule has 0 aliphatic rings. The van der Waals surface area contributed by atoms with Crippen LogP contribution in [0.2, 0.25) is 0 Å². The maximum absolute atomic E-state index is 12.8. The van der Waals surface area contributed by atoms with Crippen LogP contribution in [0.25, 0.3) is 11.0 Å². The zero-order valence-corrected chi connectivity index (χ0v) is 9.81. The Kier molecular flexibility index (Phi) is 3.39. The quantitative estimate of drug-likeness (QED) is 0.919. The van der Waals surface area contributed by atoms with Gasteiger partial charge in [0.1, 0.15) is 5.58 Å². The fraction of sp³-hybridized carbons (Fsp3) is 0.167. The monoisotopic (exact) mass is 287 g/mol. The number of amides is 1. The van der Waals surface area contributed by atoms with Gasteiger partial charge in [0, 0.05) is 11.6 Å². The summed E-state index contributed by atoms with van der Waals surface area (Å²) in [7, 11) is 0. The highest BCUT2D eigenvalue weighted by Gasteiger charge is 2.44. The van der Waals surface area contributed by atoms with Crippen molar-refractivity contribution in [3.05, 3.63) is 46.3 Å². The second-order valence-electron chi connectivity index (χ2n) is 3.90. The number of rotatable bonds is 2. The molecule has 1 unspecified atom stereocenters. The smallest absolute Gasteiger partial charge is 0.429 e. The van der Waals surface area contributed by atoms with Crippen LogP contribution in [0.15, 0.2) is 39.7 Å². The molecule has 0 saturated carbocycles. The van der Waals surface area contributed by atoms with Crippen LogP contribution in [0.1, 0.15) is 11.7 Å². The first-order valence-corrected chi connectivity index (χ1v) is 5.33. The van der Waals surface area contributed by atoms with E-state index < -0.39 is 29.4 Å². The number of halogens is 3. The van der Waals surface area contributed by atoms with Crippen LogP contribution in [0, 0.1) is 0 Å². The van der Waals surface area contributed by atoms with E-state index in [9.17, 15) is 22.8 Å². The predicted molar refractivity (Wildman–Crippen MR) is 61.9 cm³/mol. The lowest BCUT2D eigenvalue weighted by Crippen LogP contribution is -2.28. The first-order chi connectivity index (χ1) is 9.29. The van der Waals surface area contributed by atoms with Crippen molar-refractivity contribution in [3.63, 3.8) is 0 Å². The summed E-state index contributed by atoms with van der Waals surface area (Å²) in [6.45, 7) is 0. The van der Waals surface area contributed by atoms with E-state index in [1.165, 1.54) is 6.07 Å². The number of hydrogen-bond acceptors (Lipinski definition) is 4. The molecule has 1 atom stereocenters. The molecule has 1 aromatic heterocycles. The molecule has 5 nitrogen and oxygen atoms in total. The average Bonchev–Trinajstić information content (AvgIpc) is 2.35. The third-order valence-corrected chi connectivity index (χ3v) is 2.52. The normalized spacial score (nSPS) is 13.2. The molecule has 0 aliphatic heterocycles. The molecule has 2 N–H and O–H groups in total. The van der Waals surface area contributed by atoms with E-state index in [2.05, 4.69) is 10.5 Å². The molecule has 0 radical (unpaired) electrons. The summed E-state index contributed by atoms with van der Waals surface area (Å²) < 4.78 is 47.5. The first kappa shape index (κ1) is 13.9. The number of hydrogen-bond donors (Lipinski definition) is 1. The summed E-state index contributed by atoms with van der Waals surface area (Å²) in [5.74, 6) is 0. The summed E-state index contributed by atoms with van der Waals surface area (Å²) in [6.07, 6.45) is -7.82. The summed E-state index contributed by atoms with van der Waals surface area (Å²) in [6, 6.07) is 4.27. The van der Waals surface area contributed by atoms with Crippen molar-refractivity contribution in [1.29, 1.82) is 0 Å². The maximum atomic E-state index is 12.8. The Morgan fingerprint density at radius 1 is 1.30 bits per heavy atom. The van der Waals surface area contributed by atoms with E-state index in [1.807, 2.05) is 0 Å². The van der Waals surface area contributed by atoms with Crippen LogP contribution in [0.3, 0.4) is 0 Å². The molecular weight excluding hydrogens is 279 g/mol. The first-order valence-electron chi connectivity index (χ1n) is 5.33. The largest absolute Gasteiger partial charge is 0.464 e. The SMILES string of the molecule is NC(=O)OC(c1ccc2occc(=O)c2c1)C(F)(F)F. The minimum Gasteiger partial charge on any atom is -0.464 e. The van der Waals surface area contributed by atoms with Gasteiger partial charge in [-0.1, -0.05) is 6.07 Å². The Hall–Kier alpha value is -2.51. The van der Waals surface area contributed by atoms with E-state index in [1.54, 1.807) is 0 Å². The van der Waals surface area contributed by atoms with Gasteiger partial charge >= 0.3 is 12.3 Å². The molecule has 1 amide bonds. The number of carbonyl (C=O) groups excluding carboxylic acids is 1. The Balaban J connectivity index is 2.57. The summed E-state index contributed by atoms with van der Waals surface area (Å²) in [5.41, 5.74) is 3.83. The molecule has 2 aromatic rings. The molecule has 106 valence electrons. The van der Waals surface area contributed by atoms with E-state index in [0.717, 1.165) is 24.5 Å². The third-order valence-electron chi connectivity index (χ3n) is 2.52. The van der Waals surface area contributed by atoms with E-state index in [-0.39, 0.29) is 11.0 Å². The minimum absolute atomic E-state index is 0.0488. The van der Waals surface area contributed by atoms with Gasteiger partial charge in [-0.3, -0.25) is 4.79 Å². The second-order valence-corrected chi connectivity index (χ2v) is 3.90. The van der Waals surface area contributed by atoms with Gasteiger partial charge in [-0.25, -0.2) is 4.79 Å². The topological polar surface area (TPSA) is 82.5 Å². The van der Waals surface area contributed by atoms with Gasteiger partial charge in [-0.05, 0) is 12.1 Å². The van der Waals surface area contributed by atoms with Crippen molar-refractivity contribution in [2.45, 2.75) is 12.3 Å². The summed E-state index contributed by atoms with van der Waals surface area (Å²) in [5, 5.41) is -0.0488. The number of alkyl halides is 3. The Labute approximate surface area is 109 Å². The molecular formula is C12H8F3NO4. The fourth-order valence-corrected chi connectivity index (χ4v) is 1.70. The zero-order chi connectivity index (χ0) is 14.9. The van der Waals surface area contributed by atoms with E-state index >= 15 is 0 Å². The van der Waals surface area contributed by atoms with Crippen LogP contribution in [-0.2, 0) is 4.74 Å². The summed E-state index contributed by atoms with van der Waals surface area (Å²) in [4.78, 5) is 22.1. The molecule has 1 aromatic carbocycles. The molecule has 1 heterocycles. The van der Waals surface area contributed by atoms with Gasteiger partial charge < -0.3 is 14.9 Å². The predicted octanol–water partition coefficient (Wildman–Crippen LogP) is 2.49. The lowest BCUT2D eigenvalue weighted by atomic mass is 10.1. The third kappa shape index (κ3) is 2.73. The molecule has 0 spiro atoms. The van der Waals surface area contributed by atoms with Crippen LogP contribution in [0.4, 0.5) is 18.0 Å². The Morgan fingerprint density at radius 2 is 2.00 bits per heavy atom. The highest BCUT2D eigenvalue weighted by atomic mass is 19.4. The molecule has 0 fully saturated rings. The number of primary amides is 1. The van der Waals surface area contributed by atoms with Crippen LogP contribution >= 0.6 is 0 Å². The molecule has 20 heavy (non-hydrogen) atoms. The maximum Gasteiger partial charge on any atom is 0.429 e. The van der Waals surface area contributed by atoms with Gasteiger partial charge in [-0.15, -0.1) is 0 Å². The van der Waals surface area contributed by atoms with Gasteiger partial charge in [0.15, 0.2) is 5.43 Å². The van der Waals surface area contributed by atoms with Crippen LogP contribution in [-0.4, -0.2) is 12.3 Å². The second kappa shape index (κ2) is 4.87. The van der Waals surface area contributed by atoms with Crippen molar-refractivity contribution >= 4 is 17.1 Å². The molecule has 0 bridgehead atoms. The van der Waals surface area contributed by atoms with Gasteiger partial charge in [0.05, 0.1) is 11.6 Å².